The lowest BCUT2D eigenvalue weighted by atomic mass is 10.1. The molecule has 0 fully saturated rings. The molecule has 0 bridgehead atoms. The first-order valence-corrected chi connectivity index (χ1v) is 8.33. The molecule has 1 amide bonds. The molecule has 0 aliphatic rings. The van der Waals surface area contributed by atoms with Crippen LogP contribution >= 0.6 is 23.2 Å². The molecule has 1 aromatic heterocycles. The Morgan fingerprint density at radius 3 is 2.70 bits per heavy atom. The molecule has 0 spiro atoms. The molecule has 7 nitrogen and oxygen atoms in total. The molecule has 27 heavy (non-hydrogen) atoms. The minimum atomic E-state index is -0.517. The summed E-state index contributed by atoms with van der Waals surface area (Å²) < 4.78 is 5.56. The second-order valence-electron chi connectivity index (χ2n) is 5.33. The monoisotopic (exact) mass is 403 g/mol. The lowest BCUT2D eigenvalue weighted by molar-refractivity contribution is -0.384. The first kappa shape index (κ1) is 18.6. The highest BCUT2D eigenvalue weighted by Crippen LogP contribution is 2.32. The molecule has 0 unspecified atom stereocenters. The van der Waals surface area contributed by atoms with Crippen LogP contribution in [0.25, 0.3) is 11.3 Å². The summed E-state index contributed by atoms with van der Waals surface area (Å²) in [4.78, 5) is 22.4. The van der Waals surface area contributed by atoms with Crippen LogP contribution in [-0.4, -0.2) is 17.0 Å². The van der Waals surface area contributed by atoms with Crippen LogP contribution in [0.15, 0.2) is 64.1 Å². The summed E-state index contributed by atoms with van der Waals surface area (Å²) in [6.07, 6.45) is 1.30. The van der Waals surface area contributed by atoms with E-state index in [4.69, 9.17) is 27.6 Å². The van der Waals surface area contributed by atoms with Gasteiger partial charge in [-0.05, 0) is 36.4 Å². The molecule has 136 valence electrons. The normalized spacial score (nSPS) is 10.9. The van der Waals surface area contributed by atoms with Gasteiger partial charge in [-0.2, -0.15) is 5.10 Å². The topological polar surface area (TPSA) is 97.7 Å². The number of nitrogens with zero attached hydrogens (tertiary/aromatic N) is 2. The number of nitrogens with one attached hydrogen (secondary N) is 1. The molecule has 0 aliphatic heterocycles. The zero-order valence-corrected chi connectivity index (χ0v) is 15.1. The van der Waals surface area contributed by atoms with Crippen molar-refractivity contribution < 1.29 is 14.1 Å². The number of nitro groups is 1. The van der Waals surface area contributed by atoms with Crippen molar-refractivity contribution in [3.63, 3.8) is 0 Å². The van der Waals surface area contributed by atoms with E-state index < -0.39 is 10.8 Å². The van der Waals surface area contributed by atoms with Crippen LogP contribution in [0.3, 0.4) is 0 Å². The molecule has 0 saturated heterocycles. The average molecular weight is 404 g/mol. The van der Waals surface area contributed by atoms with Crippen LogP contribution < -0.4 is 5.43 Å². The predicted octanol–water partition coefficient (Wildman–Crippen LogP) is 4.93. The summed E-state index contributed by atoms with van der Waals surface area (Å²) >= 11 is 11.9. The van der Waals surface area contributed by atoms with Crippen molar-refractivity contribution >= 4 is 41.0 Å². The van der Waals surface area contributed by atoms with Crippen molar-refractivity contribution in [3.05, 3.63) is 86.1 Å². The molecular weight excluding hydrogens is 393 g/mol. The minimum absolute atomic E-state index is 0.102. The van der Waals surface area contributed by atoms with Gasteiger partial charge in [0.15, 0.2) is 0 Å². The van der Waals surface area contributed by atoms with Gasteiger partial charge in [0.25, 0.3) is 11.6 Å². The average Bonchev–Trinajstić information content (AvgIpc) is 3.10. The van der Waals surface area contributed by atoms with Gasteiger partial charge in [-0.25, -0.2) is 5.43 Å². The molecule has 1 N–H and O–H groups in total. The molecule has 3 aromatic rings. The third-order valence-electron chi connectivity index (χ3n) is 3.50. The van der Waals surface area contributed by atoms with Gasteiger partial charge in [-0.15, -0.1) is 0 Å². The van der Waals surface area contributed by atoms with Gasteiger partial charge in [0.05, 0.1) is 16.2 Å². The molecule has 0 atom stereocenters. The van der Waals surface area contributed by atoms with Crippen LogP contribution in [0.2, 0.25) is 10.0 Å². The number of hydrogen-bond acceptors (Lipinski definition) is 5. The minimum Gasteiger partial charge on any atom is -0.455 e. The third kappa shape index (κ3) is 4.52. The molecule has 1 heterocycles. The Hall–Kier alpha value is -3.16. The van der Waals surface area contributed by atoms with E-state index in [1.807, 2.05) is 0 Å². The number of halogens is 2. The molecule has 9 heteroatoms. The van der Waals surface area contributed by atoms with E-state index in [9.17, 15) is 14.9 Å². The number of amides is 1. The number of benzene rings is 2. The van der Waals surface area contributed by atoms with Crippen LogP contribution in [0, 0.1) is 10.1 Å². The number of carbonyl (C=O) groups excluding carboxylic acids is 1. The number of hydrogen-bond donors (Lipinski definition) is 1. The summed E-state index contributed by atoms with van der Waals surface area (Å²) in [5.74, 6) is 0.243. The zero-order valence-electron chi connectivity index (χ0n) is 13.6. The standard InChI is InChI=1S/C18H11Cl2N3O4/c19-12-3-1-2-11(8-12)18(24)22-21-10-14-5-7-17(27-14)15-9-13(23(25)26)4-6-16(15)20/h1-10H,(H,22,24). The van der Waals surface area contributed by atoms with Gasteiger partial charge in [0, 0.05) is 28.3 Å². The molecule has 2 aromatic carbocycles. The Bertz CT molecular complexity index is 1050. The highest BCUT2D eigenvalue weighted by atomic mass is 35.5. The quantitative estimate of drug-likeness (QED) is 0.371. The fourth-order valence-electron chi connectivity index (χ4n) is 2.23. The zero-order chi connectivity index (χ0) is 19.4. The van der Waals surface area contributed by atoms with Crippen molar-refractivity contribution in [3.8, 4) is 11.3 Å². The van der Waals surface area contributed by atoms with Crippen molar-refractivity contribution in [1.29, 1.82) is 0 Å². The van der Waals surface area contributed by atoms with E-state index in [0.717, 1.165) is 0 Å². The summed E-state index contributed by atoms with van der Waals surface area (Å²) in [7, 11) is 0. The summed E-state index contributed by atoms with van der Waals surface area (Å²) in [5, 5.41) is 15.5. The Morgan fingerprint density at radius 2 is 1.96 bits per heavy atom. The molecule has 0 aliphatic carbocycles. The van der Waals surface area contributed by atoms with Crippen LogP contribution in [0.5, 0.6) is 0 Å². The molecule has 0 saturated carbocycles. The first-order chi connectivity index (χ1) is 12.9. The third-order valence-corrected chi connectivity index (χ3v) is 4.06. The maximum atomic E-state index is 12.0. The second kappa shape index (κ2) is 8.03. The molecular formula is C18H11Cl2N3O4. The summed E-state index contributed by atoms with van der Waals surface area (Å²) in [5.41, 5.74) is 3.00. The summed E-state index contributed by atoms with van der Waals surface area (Å²) in [6, 6.07) is 13.7. The van der Waals surface area contributed by atoms with Crippen LogP contribution in [0.1, 0.15) is 16.1 Å². The lowest BCUT2D eigenvalue weighted by Crippen LogP contribution is -2.17. The number of rotatable bonds is 5. The highest BCUT2D eigenvalue weighted by molar-refractivity contribution is 6.33. The fraction of sp³-hybridized carbons (Fsp3) is 0. The van der Waals surface area contributed by atoms with Crippen molar-refractivity contribution in [2.45, 2.75) is 0 Å². The van der Waals surface area contributed by atoms with Crippen LogP contribution in [0.4, 0.5) is 5.69 Å². The maximum absolute atomic E-state index is 12.0. The van der Waals surface area contributed by atoms with E-state index in [2.05, 4.69) is 10.5 Å². The Kier molecular flexibility index (Phi) is 5.54. The molecule has 0 radical (unpaired) electrons. The van der Waals surface area contributed by atoms with Crippen LogP contribution in [-0.2, 0) is 0 Å². The van der Waals surface area contributed by atoms with Crippen molar-refractivity contribution in [2.75, 3.05) is 0 Å². The number of furan rings is 1. The number of non-ortho nitro benzene ring substituents is 1. The van der Waals surface area contributed by atoms with Gasteiger partial charge >= 0.3 is 0 Å². The van der Waals surface area contributed by atoms with Gasteiger partial charge in [-0.3, -0.25) is 14.9 Å². The fourth-order valence-corrected chi connectivity index (χ4v) is 2.63. The van der Waals surface area contributed by atoms with Crippen molar-refractivity contribution in [2.24, 2.45) is 5.10 Å². The SMILES string of the molecule is O=C(NN=Cc1ccc(-c2cc([N+](=O)[O-])ccc2Cl)o1)c1cccc(Cl)c1. The van der Waals surface area contributed by atoms with Gasteiger partial charge < -0.3 is 4.42 Å². The first-order valence-electron chi connectivity index (χ1n) is 7.57. The Labute approximate surface area is 163 Å². The van der Waals surface area contributed by atoms with Gasteiger partial charge in [0.1, 0.15) is 11.5 Å². The van der Waals surface area contributed by atoms with Gasteiger partial charge in [-0.1, -0.05) is 29.3 Å². The highest BCUT2D eigenvalue weighted by Gasteiger charge is 2.14. The van der Waals surface area contributed by atoms with E-state index >= 15 is 0 Å². The smallest absolute Gasteiger partial charge is 0.271 e. The van der Waals surface area contributed by atoms with E-state index in [1.54, 1.807) is 30.3 Å². The van der Waals surface area contributed by atoms with E-state index in [0.29, 0.717) is 32.7 Å². The number of nitro benzene ring substituents is 1. The second-order valence-corrected chi connectivity index (χ2v) is 6.18. The number of carbonyl (C=O) groups is 1. The number of hydrazone groups is 1. The van der Waals surface area contributed by atoms with E-state index in [1.165, 1.54) is 30.5 Å². The molecule has 3 rings (SSSR count). The van der Waals surface area contributed by atoms with E-state index in [-0.39, 0.29) is 5.69 Å². The lowest BCUT2D eigenvalue weighted by Gasteiger charge is -2.01. The Balaban J connectivity index is 1.73. The van der Waals surface area contributed by atoms with Crippen molar-refractivity contribution in [1.82, 2.24) is 5.43 Å². The predicted molar refractivity (Wildman–Crippen MR) is 102 cm³/mol. The Morgan fingerprint density at radius 1 is 1.15 bits per heavy atom. The maximum Gasteiger partial charge on any atom is 0.271 e. The largest absolute Gasteiger partial charge is 0.455 e. The van der Waals surface area contributed by atoms with Gasteiger partial charge in [0.2, 0.25) is 0 Å². The summed E-state index contributed by atoms with van der Waals surface area (Å²) in [6.45, 7) is 0.